The molecule has 0 aliphatic rings. The summed E-state index contributed by atoms with van der Waals surface area (Å²) in [6, 6.07) is 56.7. The average Bonchev–Trinajstić information content (AvgIpc) is 3.45. The Balaban J connectivity index is 1.48. The first-order chi connectivity index (χ1) is 21.3. The van der Waals surface area contributed by atoms with Crippen LogP contribution in [0.1, 0.15) is 0 Å². The van der Waals surface area contributed by atoms with Crippen LogP contribution in [0.2, 0.25) is 0 Å². The predicted octanol–water partition coefficient (Wildman–Crippen LogP) is 12.0. The van der Waals surface area contributed by atoms with E-state index < -0.39 is 0 Å². The fourth-order valence-electron chi connectivity index (χ4n) is 7.02. The number of rotatable bonds is 3. The maximum atomic E-state index is 6.61. The van der Waals surface area contributed by atoms with Gasteiger partial charge in [0.15, 0.2) is 0 Å². The Hall–Kier alpha value is -5.66. The highest BCUT2D eigenvalue weighted by molar-refractivity contribution is 6.26. The summed E-state index contributed by atoms with van der Waals surface area (Å²) in [5, 5.41) is 9.73. The van der Waals surface area contributed by atoms with Gasteiger partial charge in [0.25, 0.3) is 0 Å². The second-order valence-corrected chi connectivity index (χ2v) is 11.2. The monoisotopic (exact) mass is 546 g/mol. The summed E-state index contributed by atoms with van der Waals surface area (Å²) in [7, 11) is 0. The minimum Gasteiger partial charge on any atom is -0.456 e. The summed E-state index contributed by atoms with van der Waals surface area (Å²) < 4.78 is 6.61. The molecule has 1 aromatic heterocycles. The van der Waals surface area contributed by atoms with Crippen molar-refractivity contribution in [1.82, 2.24) is 0 Å². The second-order valence-electron chi connectivity index (χ2n) is 11.2. The summed E-state index contributed by atoms with van der Waals surface area (Å²) in [6.07, 6.45) is 0. The predicted molar refractivity (Wildman–Crippen MR) is 183 cm³/mol. The first-order valence-corrected chi connectivity index (χ1v) is 14.8. The highest BCUT2D eigenvalue weighted by Crippen LogP contribution is 2.48. The molecule has 0 amide bonds. The van der Waals surface area contributed by atoms with E-state index in [1.807, 2.05) is 0 Å². The summed E-state index contributed by atoms with van der Waals surface area (Å²) in [6.45, 7) is 0. The molecule has 1 nitrogen and oxygen atoms in total. The van der Waals surface area contributed by atoms with Crippen molar-refractivity contribution in [1.29, 1.82) is 0 Å². The van der Waals surface area contributed by atoms with Gasteiger partial charge >= 0.3 is 0 Å². The van der Waals surface area contributed by atoms with E-state index in [1.54, 1.807) is 0 Å². The molecule has 0 N–H and O–H groups in total. The fourth-order valence-corrected chi connectivity index (χ4v) is 7.02. The van der Waals surface area contributed by atoms with E-state index in [1.165, 1.54) is 60.1 Å². The molecule has 0 aliphatic carbocycles. The lowest BCUT2D eigenvalue weighted by atomic mass is 9.84. The standard InChI is InChI=1S/C42H26O/c1-2-14-28(15-3-1)40-32-18-6-8-20-34(32)41(35-21-9-7-19-33(35)40)37-25-29(31-23-12-16-27-13-4-5-17-30(27)31)26-39-42(37)36-22-10-11-24-38(36)43-39/h1-26H. The van der Waals surface area contributed by atoms with E-state index in [4.69, 9.17) is 4.42 Å². The van der Waals surface area contributed by atoms with Crippen LogP contribution >= 0.6 is 0 Å². The Morgan fingerprint density at radius 2 is 0.884 bits per heavy atom. The third-order valence-electron chi connectivity index (χ3n) is 8.84. The maximum Gasteiger partial charge on any atom is 0.136 e. The molecule has 0 fully saturated rings. The van der Waals surface area contributed by atoms with Crippen molar-refractivity contribution < 1.29 is 4.42 Å². The molecule has 43 heavy (non-hydrogen) atoms. The Labute approximate surface area is 249 Å². The number of para-hydroxylation sites is 1. The molecule has 1 heterocycles. The Bertz CT molecular complexity index is 2440. The van der Waals surface area contributed by atoms with Gasteiger partial charge in [0.1, 0.15) is 11.2 Å². The van der Waals surface area contributed by atoms with Gasteiger partial charge in [-0.1, -0.05) is 140 Å². The summed E-state index contributed by atoms with van der Waals surface area (Å²) in [4.78, 5) is 0. The first kappa shape index (κ1) is 24.0. The molecule has 8 aromatic carbocycles. The molecule has 200 valence electrons. The van der Waals surface area contributed by atoms with E-state index >= 15 is 0 Å². The van der Waals surface area contributed by atoms with E-state index in [0.717, 1.165) is 27.5 Å². The van der Waals surface area contributed by atoms with Gasteiger partial charge < -0.3 is 4.42 Å². The van der Waals surface area contributed by atoms with Gasteiger partial charge in [-0.25, -0.2) is 0 Å². The van der Waals surface area contributed by atoms with Crippen LogP contribution in [-0.4, -0.2) is 0 Å². The molecule has 0 saturated heterocycles. The molecule has 0 spiro atoms. The van der Waals surface area contributed by atoms with Crippen molar-refractivity contribution in [3.05, 3.63) is 158 Å². The summed E-state index contributed by atoms with van der Waals surface area (Å²) in [5.74, 6) is 0. The van der Waals surface area contributed by atoms with Gasteiger partial charge in [-0.2, -0.15) is 0 Å². The smallest absolute Gasteiger partial charge is 0.136 e. The second kappa shape index (κ2) is 9.44. The van der Waals surface area contributed by atoms with Crippen LogP contribution in [0.15, 0.2) is 162 Å². The zero-order valence-electron chi connectivity index (χ0n) is 23.4. The van der Waals surface area contributed by atoms with Crippen LogP contribution in [0.3, 0.4) is 0 Å². The Kier molecular flexibility index (Phi) is 5.27. The van der Waals surface area contributed by atoms with Crippen molar-refractivity contribution >= 4 is 54.3 Å². The van der Waals surface area contributed by atoms with Gasteiger partial charge in [-0.05, 0) is 83.9 Å². The van der Waals surface area contributed by atoms with Gasteiger partial charge in [-0.15, -0.1) is 0 Å². The van der Waals surface area contributed by atoms with Crippen LogP contribution in [-0.2, 0) is 0 Å². The third-order valence-corrected chi connectivity index (χ3v) is 8.84. The lowest BCUT2D eigenvalue weighted by Gasteiger charge is -2.19. The van der Waals surface area contributed by atoms with Crippen molar-refractivity contribution in [2.45, 2.75) is 0 Å². The van der Waals surface area contributed by atoms with Crippen LogP contribution in [0.25, 0.3) is 87.6 Å². The first-order valence-electron chi connectivity index (χ1n) is 14.8. The van der Waals surface area contributed by atoms with Gasteiger partial charge in [0, 0.05) is 10.8 Å². The van der Waals surface area contributed by atoms with Gasteiger partial charge in [0.2, 0.25) is 0 Å². The van der Waals surface area contributed by atoms with E-state index in [9.17, 15) is 0 Å². The van der Waals surface area contributed by atoms with Crippen molar-refractivity contribution in [3.8, 4) is 33.4 Å². The largest absolute Gasteiger partial charge is 0.456 e. The lowest BCUT2D eigenvalue weighted by molar-refractivity contribution is 0.669. The summed E-state index contributed by atoms with van der Waals surface area (Å²) >= 11 is 0. The topological polar surface area (TPSA) is 13.1 Å². The molecule has 0 radical (unpaired) electrons. The molecular weight excluding hydrogens is 520 g/mol. The SMILES string of the molecule is c1ccc(-c2c3ccccc3c(-c3cc(-c4cccc5ccccc45)cc4oc5ccccc5c34)c3ccccc23)cc1. The zero-order chi connectivity index (χ0) is 28.3. The normalized spacial score (nSPS) is 11.7. The minimum atomic E-state index is 0.905. The molecule has 9 rings (SSSR count). The maximum absolute atomic E-state index is 6.61. The molecular formula is C42H26O. The van der Waals surface area contributed by atoms with E-state index in [0.29, 0.717) is 0 Å². The number of hydrogen-bond donors (Lipinski definition) is 0. The van der Waals surface area contributed by atoms with Crippen molar-refractivity contribution in [3.63, 3.8) is 0 Å². The molecule has 0 unspecified atom stereocenters. The molecule has 1 heteroatoms. The number of furan rings is 1. The molecule has 0 bridgehead atoms. The van der Waals surface area contributed by atoms with Crippen molar-refractivity contribution in [2.24, 2.45) is 0 Å². The van der Waals surface area contributed by atoms with Gasteiger partial charge in [-0.3, -0.25) is 0 Å². The number of benzene rings is 8. The highest BCUT2D eigenvalue weighted by Gasteiger charge is 2.21. The highest BCUT2D eigenvalue weighted by atomic mass is 16.3. The Morgan fingerprint density at radius 3 is 1.60 bits per heavy atom. The molecule has 0 atom stereocenters. The van der Waals surface area contributed by atoms with E-state index in [2.05, 4.69) is 158 Å². The minimum absolute atomic E-state index is 0.905. The third kappa shape index (κ3) is 3.65. The lowest BCUT2D eigenvalue weighted by Crippen LogP contribution is -1.92. The van der Waals surface area contributed by atoms with Gasteiger partial charge in [0.05, 0.1) is 0 Å². The molecule has 9 aromatic rings. The van der Waals surface area contributed by atoms with Crippen molar-refractivity contribution in [2.75, 3.05) is 0 Å². The number of hydrogen-bond acceptors (Lipinski definition) is 1. The number of fused-ring (bicyclic) bond motifs is 6. The van der Waals surface area contributed by atoms with Crippen LogP contribution in [0, 0.1) is 0 Å². The average molecular weight is 547 g/mol. The zero-order valence-corrected chi connectivity index (χ0v) is 23.4. The fraction of sp³-hybridized carbons (Fsp3) is 0. The summed E-state index contributed by atoms with van der Waals surface area (Å²) in [5.41, 5.74) is 9.10. The molecule has 0 saturated carbocycles. The quantitative estimate of drug-likeness (QED) is 0.201. The van der Waals surface area contributed by atoms with Crippen LogP contribution in [0.4, 0.5) is 0 Å². The Morgan fingerprint density at radius 1 is 0.326 bits per heavy atom. The van der Waals surface area contributed by atoms with Crippen LogP contribution < -0.4 is 0 Å². The molecule has 0 aliphatic heterocycles. The van der Waals surface area contributed by atoms with Crippen LogP contribution in [0.5, 0.6) is 0 Å². The van der Waals surface area contributed by atoms with E-state index in [-0.39, 0.29) is 0 Å².